The van der Waals surface area contributed by atoms with Gasteiger partial charge in [-0.15, -0.1) is 0 Å². The summed E-state index contributed by atoms with van der Waals surface area (Å²) in [5.41, 5.74) is -0.276. The lowest BCUT2D eigenvalue weighted by molar-refractivity contribution is -0.114. The summed E-state index contributed by atoms with van der Waals surface area (Å²) in [6.07, 6.45) is 0. The number of anilines is 1. The molecule has 1 amide bonds. The molecule has 6 heteroatoms. The molecule has 18 heavy (non-hydrogen) atoms. The van der Waals surface area contributed by atoms with E-state index in [1.165, 1.54) is 0 Å². The average molecular weight is 271 g/mol. The zero-order chi connectivity index (χ0) is 13.3. The zero-order valence-corrected chi connectivity index (χ0v) is 10.5. The third-order valence-corrected chi connectivity index (χ3v) is 3.52. The predicted octanol–water partition coefficient (Wildman–Crippen LogP) is 2.25. The molecule has 0 spiro atoms. The van der Waals surface area contributed by atoms with Gasteiger partial charge in [-0.05, 0) is 11.8 Å². The molecule has 0 N–H and O–H groups in total. The summed E-state index contributed by atoms with van der Waals surface area (Å²) in [7, 11) is 0. The first-order valence-electron chi connectivity index (χ1n) is 5.49. The van der Waals surface area contributed by atoms with Crippen molar-refractivity contribution in [3.05, 3.63) is 29.3 Å². The zero-order valence-electron chi connectivity index (χ0n) is 9.70. The fraction of sp³-hybridized carbons (Fsp3) is 0.333. The Morgan fingerprint density at radius 2 is 2.00 bits per heavy atom. The van der Waals surface area contributed by atoms with E-state index in [2.05, 4.69) is 0 Å². The normalized spacial score (nSPS) is 14.3. The summed E-state index contributed by atoms with van der Waals surface area (Å²) in [5.74, 6) is -1.88. The van der Waals surface area contributed by atoms with Crippen molar-refractivity contribution in [2.45, 2.75) is 6.92 Å². The van der Waals surface area contributed by atoms with Gasteiger partial charge in [-0.1, -0.05) is 6.92 Å². The third kappa shape index (κ3) is 2.12. The van der Waals surface area contributed by atoms with Crippen molar-refractivity contribution in [1.82, 2.24) is 0 Å². The van der Waals surface area contributed by atoms with Gasteiger partial charge in [0.2, 0.25) is 0 Å². The van der Waals surface area contributed by atoms with Gasteiger partial charge in [0.15, 0.2) is 5.82 Å². The highest BCUT2D eigenvalue weighted by atomic mass is 32.2. The summed E-state index contributed by atoms with van der Waals surface area (Å²) in [6, 6.07) is 1.59. The van der Waals surface area contributed by atoms with Gasteiger partial charge in [-0.2, -0.15) is 11.8 Å². The van der Waals surface area contributed by atoms with Crippen LogP contribution in [0, 0.1) is 11.6 Å². The molecule has 0 atom stereocenters. The molecule has 0 saturated heterocycles. The first-order valence-corrected chi connectivity index (χ1v) is 6.64. The van der Waals surface area contributed by atoms with E-state index in [0.717, 1.165) is 16.7 Å². The Hall–Kier alpha value is -1.43. The van der Waals surface area contributed by atoms with Crippen molar-refractivity contribution in [2.75, 3.05) is 23.0 Å². The van der Waals surface area contributed by atoms with Crippen LogP contribution >= 0.6 is 11.8 Å². The van der Waals surface area contributed by atoms with Crippen LogP contribution in [0.3, 0.4) is 0 Å². The van der Waals surface area contributed by atoms with Gasteiger partial charge >= 0.3 is 0 Å². The van der Waals surface area contributed by atoms with E-state index in [0.29, 0.717) is 11.8 Å². The molecule has 0 bridgehead atoms. The minimum absolute atomic E-state index is 0.0943. The van der Waals surface area contributed by atoms with Crippen LogP contribution < -0.4 is 4.90 Å². The molecule has 1 heterocycles. The van der Waals surface area contributed by atoms with Crippen LogP contribution in [0.2, 0.25) is 0 Å². The van der Waals surface area contributed by atoms with Crippen LogP contribution in [0.5, 0.6) is 0 Å². The van der Waals surface area contributed by atoms with E-state index in [4.69, 9.17) is 0 Å². The number of hydrogen-bond donors (Lipinski definition) is 0. The second-order valence-electron chi connectivity index (χ2n) is 3.77. The first kappa shape index (κ1) is 13.0. The topological polar surface area (TPSA) is 37.4 Å². The van der Waals surface area contributed by atoms with Crippen LogP contribution in [0.4, 0.5) is 14.5 Å². The maximum absolute atomic E-state index is 13.7. The molecular formula is C12H11F2NO2S. The van der Waals surface area contributed by atoms with E-state index >= 15 is 0 Å². The second-order valence-corrected chi connectivity index (χ2v) is 5.16. The Labute approximate surface area is 107 Å². The molecular weight excluding hydrogens is 260 g/mol. The Morgan fingerprint density at radius 1 is 1.28 bits per heavy atom. The fourth-order valence-corrected chi connectivity index (χ4v) is 2.47. The van der Waals surface area contributed by atoms with Crippen LogP contribution in [0.15, 0.2) is 12.1 Å². The van der Waals surface area contributed by atoms with Gasteiger partial charge in [0.25, 0.3) is 11.7 Å². The average Bonchev–Trinajstić information content (AvgIpc) is 2.55. The van der Waals surface area contributed by atoms with Gasteiger partial charge < -0.3 is 4.90 Å². The fourth-order valence-electron chi connectivity index (χ4n) is 1.87. The van der Waals surface area contributed by atoms with Crippen LogP contribution in [-0.4, -0.2) is 29.7 Å². The Kier molecular flexibility index (Phi) is 3.65. The number of hydrogen-bond acceptors (Lipinski definition) is 3. The van der Waals surface area contributed by atoms with E-state index in [1.807, 2.05) is 6.92 Å². The molecule has 3 nitrogen and oxygen atoms in total. The maximum Gasteiger partial charge on any atom is 0.299 e. The standard InChI is InChI=1S/C12H11F2NO2S/c1-2-18-4-3-15-10-8(11(16)12(15)17)5-7(13)6-9(10)14/h5-6H,2-4H2,1H3. The predicted molar refractivity (Wildman–Crippen MR) is 66.0 cm³/mol. The summed E-state index contributed by atoms with van der Waals surface area (Å²) >= 11 is 1.58. The largest absolute Gasteiger partial charge is 0.301 e. The molecule has 0 aromatic heterocycles. The lowest BCUT2D eigenvalue weighted by atomic mass is 10.1. The van der Waals surface area contributed by atoms with Gasteiger partial charge in [-0.25, -0.2) is 8.78 Å². The van der Waals surface area contributed by atoms with Crippen molar-refractivity contribution >= 4 is 29.1 Å². The summed E-state index contributed by atoms with van der Waals surface area (Å²) in [5, 5.41) is 0. The SMILES string of the molecule is CCSCCN1C(=O)C(=O)c2cc(F)cc(F)c21. The lowest BCUT2D eigenvalue weighted by Crippen LogP contribution is -2.32. The number of halogens is 2. The highest BCUT2D eigenvalue weighted by molar-refractivity contribution is 7.99. The smallest absolute Gasteiger partial charge is 0.299 e. The Bertz CT molecular complexity index is 519. The quantitative estimate of drug-likeness (QED) is 0.622. The molecule has 1 aromatic rings. The van der Waals surface area contributed by atoms with Crippen LogP contribution in [0.25, 0.3) is 0 Å². The van der Waals surface area contributed by atoms with Gasteiger partial charge in [0.05, 0.1) is 11.3 Å². The molecule has 96 valence electrons. The number of carbonyl (C=O) groups excluding carboxylic acids is 2. The summed E-state index contributed by atoms with van der Waals surface area (Å²) < 4.78 is 26.7. The molecule has 1 aromatic carbocycles. The number of carbonyl (C=O) groups is 2. The molecule has 2 rings (SSSR count). The van der Waals surface area contributed by atoms with Crippen LogP contribution in [-0.2, 0) is 4.79 Å². The van der Waals surface area contributed by atoms with E-state index in [9.17, 15) is 18.4 Å². The minimum atomic E-state index is -0.870. The van der Waals surface area contributed by atoms with Crippen molar-refractivity contribution in [3.8, 4) is 0 Å². The van der Waals surface area contributed by atoms with Crippen molar-refractivity contribution in [3.63, 3.8) is 0 Å². The second kappa shape index (κ2) is 5.06. The first-order chi connectivity index (χ1) is 8.56. The molecule has 0 aliphatic carbocycles. The van der Waals surface area contributed by atoms with Gasteiger partial charge in [-0.3, -0.25) is 9.59 Å². The minimum Gasteiger partial charge on any atom is -0.301 e. The summed E-state index contributed by atoms with van der Waals surface area (Å²) in [4.78, 5) is 24.4. The van der Waals surface area contributed by atoms with Crippen molar-refractivity contribution in [1.29, 1.82) is 0 Å². The number of amides is 1. The number of Topliss-reactive ketones (excluding diaryl/α,β-unsaturated/α-hetero) is 1. The molecule has 1 aliphatic heterocycles. The molecule has 0 saturated carbocycles. The number of thioether (sulfide) groups is 1. The molecule has 1 aliphatic rings. The molecule has 0 fully saturated rings. The third-order valence-electron chi connectivity index (χ3n) is 2.65. The number of rotatable bonds is 4. The summed E-state index contributed by atoms with van der Waals surface area (Å²) in [6.45, 7) is 2.21. The highest BCUT2D eigenvalue weighted by Crippen LogP contribution is 2.32. The van der Waals surface area contributed by atoms with Crippen molar-refractivity contribution in [2.24, 2.45) is 0 Å². The number of fused-ring (bicyclic) bond motifs is 1. The lowest BCUT2D eigenvalue weighted by Gasteiger charge is -2.16. The van der Waals surface area contributed by atoms with Crippen LogP contribution in [0.1, 0.15) is 17.3 Å². The number of ketones is 1. The molecule has 0 radical (unpaired) electrons. The highest BCUT2D eigenvalue weighted by Gasteiger charge is 2.38. The Balaban J connectivity index is 2.36. The maximum atomic E-state index is 13.7. The van der Waals surface area contributed by atoms with Crippen molar-refractivity contribution < 1.29 is 18.4 Å². The van der Waals surface area contributed by atoms with E-state index in [-0.39, 0.29) is 17.8 Å². The van der Waals surface area contributed by atoms with Gasteiger partial charge in [0, 0.05) is 18.4 Å². The Morgan fingerprint density at radius 3 is 2.67 bits per heavy atom. The van der Waals surface area contributed by atoms with Gasteiger partial charge in [0.1, 0.15) is 5.82 Å². The number of benzene rings is 1. The number of nitrogens with zero attached hydrogens (tertiary/aromatic N) is 1. The monoisotopic (exact) mass is 271 g/mol. The molecule has 0 unspecified atom stereocenters. The van der Waals surface area contributed by atoms with E-state index < -0.39 is 23.3 Å². The van der Waals surface area contributed by atoms with E-state index in [1.54, 1.807) is 11.8 Å².